The first-order valence-corrected chi connectivity index (χ1v) is 6.58. The Balaban J connectivity index is 2.11. The maximum absolute atomic E-state index is 14.4. The maximum Gasteiger partial charge on any atom is 0.279 e. The summed E-state index contributed by atoms with van der Waals surface area (Å²) >= 11 is 0. The molecule has 3 atom stereocenters. The van der Waals surface area contributed by atoms with Gasteiger partial charge in [0.2, 0.25) is 0 Å². The van der Waals surface area contributed by atoms with Gasteiger partial charge in [-0.1, -0.05) is 0 Å². The van der Waals surface area contributed by atoms with E-state index in [1.165, 1.54) is 10.9 Å². The van der Waals surface area contributed by atoms with E-state index < -0.39 is 42.9 Å². The fraction of sp³-hybridized carbons (Fsp3) is 0.583. The van der Waals surface area contributed by atoms with Crippen LogP contribution in [0.3, 0.4) is 0 Å². The van der Waals surface area contributed by atoms with Gasteiger partial charge in [0, 0.05) is 0 Å². The number of hydrogen-bond donors (Lipinski definition) is 4. The number of rotatable bonds is 3. The molecular weight excluding hydrogens is 299 g/mol. The van der Waals surface area contributed by atoms with Crippen molar-refractivity contribution in [1.29, 1.82) is 0 Å². The van der Waals surface area contributed by atoms with Crippen LogP contribution in [-0.4, -0.2) is 65.9 Å². The molecule has 1 aliphatic rings. The summed E-state index contributed by atoms with van der Waals surface area (Å²) < 4.78 is 20.9. The standard InChI is InChI=1S/C12H15FN4O5/c1-5-15-9-7(10(21)16-5)14-4-17(9)11-6(13)8(20)12(2-18,3-19)22-11/h4,6,8,11,18-20H,2-3H2,1H3,(H,15,16,21)/t6-,8+,11-/m1/s1. The molecule has 3 heterocycles. The van der Waals surface area contributed by atoms with Crippen LogP contribution < -0.4 is 5.56 Å². The maximum atomic E-state index is 14.4. The van der Waals surface area contributed by atoms with Crippen LogP contribution in [0.5, 0.6) is 0 Å². The van der Waals surface area contributed by atoms with Gasteiger partial charge in [-0.05, 0) is 6.92 Å². The number of aliphatic hydroxyl groups is 3. The summed E-state index contributed by atoms with van der Waals surface area (Å²) in [6, 6.07) is 0. The van der Waals surface area contributed by atoms with Crippen molar-refractivity contribution in [2.45, 2.75) is 31.0 Å². The number of aromatic amines is 1. The van der Waals surface area contributed by atoms with Crippen LogP contribution in [-0.2, 0) is 4.74 Å². The molecule has 0 aromatic carbocycles. The molecule has 2 aromatic rings. The number of ether oxygens (including phenoxy) is 1. The highest BCUT2D eigenvalue weighted by Crippen LogP contribution is 2.39. The van der Waals surface area contributed by atoms with Gasteiger partial charge in [-0.2, -0.15) is 0 Å². The second-order valence-electron chi connectivity index (χ2n) is 5.25. The van der Waals surface area contributed by atoms with E-state index >= 15 is 0 Å². The third kappa shape index (κ3) is 1.96. The van der Waals surface area contributed by atoms with Gasteiger partial charge in [0.25, 0.3) is 5.56 Å². The van der Waals surface area contributed by atoms with Gasteiger partial charge in [-0.15, -0.1) is 0 Å². The predicted octanol–water partition coefficient (Wildman–Crippen LogP) is -1.62. The number of imidazole rings is 1. The Bertz CT molecular complexity index is 756. The largest absolute Gasteiger partial charge is 0.393 e. The van der Waals surface area contributed by atoms with Gasteiger partial charge in [0.15, 0.2) is 23.6 Å². The monoisotopic (exact) mass is 314 g/mol. The van der Waals surface area contributed by atoms with Gasteiger partial charge in [-0.25, -0.2) is 14.4 Å². The Labute approximate surface area is 123 Å². The average molecular weight is 314 g/mol. The molecule has 0 spiro atoms. The average Bonchev–Trinajstić information content (AvgIpc) is 3.01. The van der Waals surface area contributed by atoms with Gasteiger partial charge < -0.3 is 25.0 Å². The number of H-pyrrole nitrogens is 1. The highest BCUT2D eigenvalue weighted by Gasteiger charge is 2.55. The van der Waals surface area contributed by atoms with E-state index in [2.05, 4.69) is 15.0 Å². The number of alkyl halides is 1. The summed E-state index contributed by atoms with van der Waals surface area (Å²) in [5.41, 5.74) is -2.21. The molecule has 9 nitrogen and oxygen atoms in total. The minimum atomic E-state index is -1.93. The molecule has 3 rings (SSSR count). The van der Waals surface area contributed by atoms with E-state index in [1.807, 2.05) is 0 Å². The summed E-state index contributed by atoms with van der Waals surface area (Å²) in [6.07, 6.45) is -3.86. The second-order valence-corrected chi connectivity index (χ2v) is 5.25. The molecule has 1 fully saturated rings. The quantitative estimate of drug-likeness (QED) is 0.535. The summed E-state index contributed by atoms with van der Waals surface area (Å²) in [5.74, 6) is 0.309. The zero-order valence-electron chi connectivity index (χ0n) is 11.6. The highest BCUT2D eigenvalue weighted by molar-refractivity contribution is 5.69. The molecule has 0 unspecified atom stereocenters. The number of nitrogens with zero attached hydrogens (tertiary/aromatic N) is 3. The molecule has 0 amide bonds. The first-order valence-electron chi connectivity index (χ1n) is 6.58. The number of fused-ring (bicyclic) bond motifs is 1. The van der Waals surface area contributed by atoms with E-state index in [0.29, 0.717) is 5.82 Å². The van der Waals surface area contributed by atoms with Crippen molar-refractivity contribution >= 4 is 11.2 Å². The lowest BCUT2D eigenvalue weighted by molar-refractivity contribution is -0.149. The van der Waals surface area contributed by atoms with Gasteiger partial charge in [0.1, 0.15) is 17.5 Å². The molecule has 4 N–H and O–H groups in total. The van der Waals surface area contributed by atoms with Crippen molar-refractivity contribution in [1.82, 2.24) is 19.5 Å². The van der Waals surface area contributed by atoms with E-state index in [4.69, 9.17) is 4.74 Å². The van der Waals surface area contributed by atoms with Gasteiger partial charge in [0.05, 0.1) is 19.5 Å². The molecule has 0 bridgehead atoms. The smallest absolute Gasteiger partial charge is 0.279 e. The molecule has 1 aliphatic heterocycles. The normalized spacial score (nSPS) is 27.6. The summed E-state index contributed by atoms with van der Waals surface area (Å²) in [7, 11) is 0. The fourth-order valence-electron chi connectivity index (χ4n) is 2.57. The molecule has 1 saturated heterocycles. The minimum absolute atomic E-state index is 0.00128. The van der Waals surface area contributed by atoms with Crippen molar-refractivity contribution in [3.05, 3.63) is 22.5 Å². The SMILES string of the molecule is Cc1nc2c(ncn2[C@@H]2OC(CO)(CO)[C@@H](O)[C@H]2F)c(=O)[nH]1. The molecule has 0 radical (unpaired) electrons. The summed E-state index contributed by atoms with van der Waals surface area (Å²) in [5, 5.41) is 28.5. The molecular formula is C12H15FN4O5. The first kappa shape index (κ1) is 15.0. The molecule has 0 saturated carbocycles. The molecule has 120 valence electrons. The van der Waals surface area contributed by atoms with Crippen LogP contribution in [0.15, 0.2) is 11.1 Å². The fourth-order valence-corrected chi connectivity index (χ4v) is 2.57. The Morgan fingerprint density at radius 2 is 2.18 bits per heavy atom. The van der Waals surface area contributed by atoms with Crippen molar-refractivity contribution in [3.63, 3.8) is 0 Å². The Morgan fingerprint density at radius 3 is 2.77 bits per heavy atom. The third-order valence-electron chi connectivity index (χ3n) is 3.83. The summed E-state index contributed by atoms with van der Waals surface area (Å²) in [6.45, 7) is 0.0315. The number of aliphatic hydroxyl groups excluding tert-OH is 3. The van der Waals surface area contributed by atoms with Crippen molar-refractivity contribution in [2.75, 3.05) is 13.2 Å². The lowest BCUT2D eigenvalue weighted by Gasteiger charge is -2.27. The van der Waals surface area contributed by atoms with E-state index in [-0.39, 0.29) is 11.2 Å². The zero-order valence-corrected chi connectivity index (χ0v) is 11.6. The van der Waals surface area contributed by atoms with E-state index in [1.54, 1.807) is 6.92 Å². The zero-order chi connectivity index (χ0) is 16.1. The van der Waals surface area contributed by atoms with Crippen LogP contribution in [0.1, 0.15) is 12.1 Å². The van der Waals surface area contributed by atoms with Gasteiger partial charge >= 0.3 is 0 Å². The van der Waals surface area contributed by atoms with Gasteiger partial charge in [-0.3, -0.25) is 9.36 Å². The number of aryl methyl sites for hydroxylation is 1. The van der Waals surface area contributed by atoms with Crippen molar-refractivity contribution in [2.24, 2.45) is 0 Å². The van der Waals surface area contributed by atoms with Crippen LogP contribution in [0.4, 0.5) is 4.39 Å². The first-order chi connectivity index (χ1) is 10.4. The molecule has 2 aromatic heterocycles. The topological polar surface area (TPSA) is 133 Å². The molecule has 22 heavy (non-hydrogen) atoms. The minimum Gasteiger partial charge on any atom is -0.393 e. The highest BCUT2D eigenvalue weighted by atomic mass is 19.1. The lowest BCUT2D eigenvalue weighted by atomic mass is 9.98. The van der Waals surface area contributed by atoms with Crippen molar-refractivity contribution < 1.29 is 24.4 Å². The Morgan fingerprint density at radius 1 is 1.50 bits per heavy atom. The molecule has 10 heteroatoms. The number of hydrogen-bond acceptors (Lipinski definition) is 7. The van der Waals surface area contributed by atoms with Crippen LogP contribution >= 0.6 is 0 Å². The number of aromatic nitrogens is 4. The Kier molecular flexibility index (Phi) is 3.48. The lowest BCUT2D eigenvalue weighted by Crippen LogP contribution is -2.48. The van der Waals surface area contributed by atoms with E-state index in [0.717, 1.165) is 0 Å². The molecule has 0 aliphatic carbocycles. The second kappa shape index (κ2) is 5.09. The number of nitrogens with one attached hydrogen (secondary N) is 1. The van der Waals surface area contributed by atoms with E-state index in [9.17, 15) is 24.5 Å². The third-order valence-corrected chi connectivity index (χ3v) is 3.83. The van der Waals surface area contributed by atoms with Crippen molar-refractivity contribution in [3.8, 4) is 0 Å². The predicted molar refractivity (Wildman–Crippen MR) is 70.8 cm³/mol. The Hall–Kier alpha value is -1.88. The number of halogens is 1. The van der Waals surface area contributed by atoms with Crippen LogP contribution in [0, 0.1) is 6.92 Å². The van der Waals surface area contributed by atoms with Crippen LogP contribution in [0.2, 0.25) is 0 Å². The summed E-state index contributed by atoms with van der Waals surface area (Å²) in [4.78, 5) is 22.2. The van der Waals surface area contributed by atoms with Crippen LogP contribution in [0.25, 0.3) is 11.2 Å².